The SMILES string of the molecule is CCCCc1ccc(N(c2ccc(CCCC)cc2)c2ccc(C=O)c(C)c2)cc1. The van der Waals surface area contributed by atoms with Crippen LogP contribution in [-0.2, 0) is 12.8 Å². The van der Waals surface area contributed by atoms with Crippen molar-refractivity contribution in [2.75, 3.05) is 4.90 Å². The van der Waals surface area contributed by atoms with Gasteiger partial charge in [0.2, 0.25) is 0 Å². The third-order valence-electron chi connectivity index (χ3n) is 5.67. The first kappa shape index (κ1) is 21.8. The van der Waals surface area contributed by atoms with Gasteiger partial charge in [-0.1, -0.05) is 51.0 Å². The van der Waals surface area contributed by atoms with Gasteiger partial charge in [0.25, 0.3) is 0 Å². The molecule has 0 atom stereocenters. The van der Waals surface area contributed by atoms with E-state index in [0.717, 1.165) is 47.3 Å². The molecule has 0 aliphatic heterocycles. The molecule has 0 amide bonds. The van der Waals surface area contributed by atoms with Gasteiger partial charge in [-0.2, -0.15) is 0 Å². The Labute approximate surface area is 181 Å². The maximum absolute atomic E-state index is 11.3. The van der Waals surface area contributed by atoms with Crippen LogP contribution >= 0.6 is 0 Å². The van der Waals surface area contributed by atoms with Gasteiger partial charge < -0.3 is 4.90 Å². The number of aryl methyl sites for hydroxylation is 3. The Bertz CT molecular complexity index is 890. The molecule has 0 saturated carbocycles. The minimum absolute atomic E-state index is 0.739. The fraction of sp³-hybridized carbons (Fsp3) is 0.321. The van der Waals surface area contributed by atoms with Gasteiger partial charge in [0.15, 0.2) is 0 Å². The molecule has 3 aromatic carbocycles. The second-order valence-corrected chi connectivity index (χ2v) is 8.03. The molecule has 0 aliphatic carbocycles. The van der Waals surface area contributed by atoms with Gasteiger partial charge in [-0.3, -0.25) is 4.79 Å². The van der Waals surface area contributed by atoms with E-state index in [1.807, 2.05) is 19.1 Å². The fourth-order valence-electron chi connectivity index (χ4n) is 3.76. The zero-order valence-electron chi connectivity index (χ0n) is 18.5. The van der Waals surface area contributed by atoms with Gasteiger partial charge in [0.1, 0.15) is 6.29 Å². The van der Waals surface area contributed by atoms with Crippen LogP contribution in [0.1, 0.15) is 66.6 Å². The normalized spacial score (nSPS) is 10.8. The monoisotopic (exact) mass is 399 g/mol. The molecule has 0 heterocycles. The zero-order chi connectivity index (χ0) is 21.3. The number of anilines is 3. The number of hydrogen-bond acceptors (Lipinski definition) is 2. The van der Waals surface area contributed by atoms with Crippen molar-refractivity contribution in [1.82, 2.24) is 0 Å². The van der Waals surface area contributed by atoms with Crippen LogP contribution in [0.5, 0.6) is 0 Å². The molecule has 3 aromatic rings. The van der Waals surface area contributed by atoms with Crippen molar-refractivity contribution < 1.29 is 4.79 Å². The first-order chi connectivity index (χ1) is 14.7. The van der Waals surface area contributed by atoms with E-state index in [2.05, 4.69) is 73.3 Å². The summed E-state index contributed by atoms with van der Waals surface area (Å²) in [5, 5.41) is 0. The fourth-order valence-corrected chi connectivity index (χ4v) is 3.76. The highest BCUT2D eigenvalue weighted by Crippen LogP contribution is 2.35. The largest absolute Gasteiger partial charge is 0.310 e. The molecule has 2 heteroatoms. The Morgan fingerprint density at radius 1 is 0.700 bits per heavy atom. The number of rotatable bonds is 10. The van der Waals surface area contributed by atoms with Crippen molar-refractivity contribution in [3.8, 4) is 0 Å². The summed E-state index contributed by atoms with van der Waals surface area (Å²) in [6.07, 6.45) is 8.02. The van der Waals surface area contributed by atoms with Crippen LogP contribution in [-0.4, -0.2) is 6.29 Å². The molecule has 0 bridgehead atoms. The Morgan fingerprint density at radius 2 is 1.17 bits per heavy atom. The van der Waals surface area contributed by atoms with Crippen molar-refractivity contribution in [3.05, 3.63) is 89.0 Å². The lowest BCUT2D eigenvalue weighted by Gasteiger charge is -2.26. The first-order valence-corrected chi connectivity index (χ1v) is 11.2. The molecule has 0 spiro atoms. The van der Waals surface area contributed by atoms with E-state index in [-0.39, 0.29) is 0 Å². The van der Waals surface area contributed by atoms with Gasteiger partial charge >= 0.3 is 0 Å². The smallest absolute Gasteiger partial charge is 0.150 e. The molecule has 0 N–H and O–H groups in total. The molecule has 156 valence electrons. The number of aldehydes is 1. The molecule has 0 aliphatic rings. The highest BCUT2D eigenvalue weighted by Gasteiger charge is 2.14. The summed E-state index contributed by atoms with van der Waals surface area (Å²) in [5.74, 6) is 0. The van der Waals surface area contributed by atoms with E-state index in [9.17, 15) is 4.79 Å². The van der Waals surface area contributed by atoms with Crippen LogP contribution in [0.3, 0.4) is 0 Å². The van der Waals surface area contributed by atoms with E-state index in [1.54, 1.807) is 0 Å². The number of carbonyl (C=O) groups excluding carboxylic acids is 1. The number of unbranched alkanes of at least 4 members (excludes halogenated alkanes) is 2. The molecular weight excluding hydrogens is 366 g/mol. The average Bonchev–Trinajstić information content (AvgIpc) is 2.78. The molecule has 0 radical (unpaired) electrons. The van der Waals surface area contributed by atoms with Crippen LogP contribution in [0.25, 0.3) is 0 Å². The molecule has 30 heavy (non-hydrogen) atoms. The standard InChI is InChI=1S/C28H33NO/c1-4-6-8-23-10-15-26(16-11-23)29(28-19-14-25(21-30)22(3)20-28)27-17-12-24(13-18-27)9-7-5-2/h10-21H,4-9H2,1-3H3. The van der Waals surface area contributed by atoms with Gasteiger partial charge in [-0.05, 0) is 91.8 Å². The number of hydrogen-bond donors (Lipinski definition) is 0. The molecule has 0 unspecified atom stereocenters. The second-order valence-electron chi connectivity index (χ2n) is 8.03. The van der Waals surface area contributed by atoms with Crippen molar-refractivity contribution in [2.45, 2.75) is 59.3 Å². The number of carbonyl (C=O) groups is 1. The zero-order valence-corrected chi connectivity index (χ0v) is 18.5. The summed E-state index contributed by atoms with van der Waals surface area (Å²) in [6, 6.07) is 23.8. The van der Waals surface area contributed by atoms with Gasteiger partial charge in [-0.25, -0.2) is 0 Å². The summed E-state index contributed by atoms with van der Waals surface area (Å²) in [7, 11) is 0. The maximum atomic E-state index is 11.3. The predicted octanol–water partition coefficient (Wildman–Crippen LogP) is 7.96. The minimum Gasteiger partial charge on any atom is -0.310 e. The molecule has 2 nitrogen and oxygen atoms in total. The predicted molar refractivity (Wildman–Crippen MR) is 128 cm³/mol. The minimum atomic E-state index is 0.739. The van der Waals surface area contributed by atoms with Crippen molar-refractivity contribution in [2.24, 2.45) is 0 Å². The first-order valence-electron chi connectivity index (χ1n) is 11.2. The highest BCUT2D eigenvalue weighted by atomic mass is 16.1. The lowest BCUT2D eigenvalue weighted by atomic mass is 10.0. The molecule has 0 saturated heterocycles. The van der Waals surface area contributed by atoms with Gasteiger partial charge in [-0.15, -0.1) is 0 Å². The Morgan fingerprint density at radius 3 is 1.57 bits per heavy atom. The van der Waals surface area contributed by atoms with E-state index < -0.39 is 0 Å². The van der Waals surface area contributed by atoms with Crippen LogP contribution in [0.4, 0.5) is 17.1 Å². The van der Waals surface area contributed by atoms with Crippen LogP contribution < -0.4 is 4.90 Å². The van der Waals surface area contributed by atoms with Gasteiger partial charge in [0, 0.05) is 22.6 Å². The summed E-state index contributed by atoms with van der Waals surface area (Å²) in [5.41, 5.74) is 7.83. The molecule has 0 fully saturated rings. The molecule has 0 aromatic heterocycles. The van der Waals surface area contributed by atoms with Gasteiger partial charge in [0.05, 0.1) is 0 Å². The Balaban J connectivity index is 1.98. The highest BCUT2D eigenvalue weighted by molar-refractivity contribution is 5.82. The Hall–Kier alpha value is -2.87. The van der Waals surface area contributed by atoms with E-state index in [4.69, 9.17) is 0 Å². The van der Waals surface area contributed by atoms with Crippen molar-refractivity contribution >= 4 is 23.3 Å². The lowest BCUT2D eigenvalue weighted by molar-refractivity contribution is 0.112. The third-order valence-corrected chi connectivity index (χ3v) is 5.67. The lowest BCUT2D eigenvalue weighted by Crippen LogP contribution is -2.10. The van der Waals surface area contributed by atoms with E-state index >= 15 is 0 Å². The summed E-state index contributed by atoms with van der Waals surface area (Å²) in [6.45, 7) is 6.45. The maximum Gasteiger partial charge on any atom is 0.150 e. The van der Waals surface area contributed by atoms with Crippen LogP contribution in [0.15, 0.2) is 66.7 Å². The topological polar surface area (TPSA) is 20.3 Å². The quantitative estimate of drug-likeness (QED) is 0.322. The molecular formula is C28H33NO. The van der Waals surface area contributed by atoms with Crippen LogP contribution in [0.2, 0.25) is 0 Å². The summed E-state index contributed by atoms with van der Waals surface area (Å²) in [4.78, 5) is 13.6. The van der Waals surface area contributed by atoms with E-state index in [1.165, 1.54) is 36.8 Å². The molecule has 3 rings (SSSR count). The second kappa shape index (κ2) is 10.8. The Kier molecular flexibility index (Phi) is 7.84. The number of benzene rings is 3. The van der Waals surface area contributed by atoms with Crippen molar-refractivity contribution in [1.29, 1.82) is 0 Å². The summed E-state index contributed by atoms with van der Waals surface area (Å²) < 4.78 is 0. The average molecular weight is 400 g/mol. The van der Waals surface area contributed by atoms with E-state index in [0.29, 0.717) is 0 Å². The summed E-state index contributed by atoms with van der Waals surface area (Å²) >= 11 is 0. The number of nitrogens with zero attached hydrogens (tertiary/aromatic N) is 1. The third kappa shape index (κ3) is 5.38. The van der Waals surface area contributed by atoms with Crippen LogP contribution in [0, 0.1) is 6.92 Å². The van der Waals surface area contributed by atoms with Crippen molar-refractivity contribution in [3.63, 3.8) is 0 Å².